The normalized spacial score (nSPS) is 10.2. The van der Waals surface area contributed by atoms with Gasteiger partial charge < -0.3 is 4.74 Å². The zero-order chi connectivity index (χ0) is 15.1. The molecule has 4 nitrogen and oxygen atoms in total. The standard InChI is InChI=1S/C15H13Br2NO3/c16-12-6-7-14(13(17)8-12)20-10-15(19)18-21-9-11-4-2-1-3-5-11/h1-8H,9-10H2,(H,18,19). The Bertz CT molecular complexity index is 605. The lowest BCUT2D eigenvalue weighted by molar-refractivity contribution is -0.136. The molecule has 0 saturated carbocycles. The first kappa shape index (κ1) is 16.0. The van der Waals surface area contributed by atoms with Crippen molar-refractivity contribution >= 4 is 37.8 Å². The maximum absolute atomic E-state index is 11.6. The van der Waals surface area contributed by atoms with E-state index in [1.807, 2.05) is 42.5 Å². The fourth-order valence-electron chi connectivity index (χ4n) is 1.54. The van der Waals surface area contributed by atoms with E-state index in [0.29, 0.717) is 12.4 Å². The maximum atomic E-state index is 11.6. The van der Waals surface area contributed by atoms with Crippen molar-refractivity contribution in [3.8, 4) is 5.75 Å². The van der Waals surface area contributed by atoms with Gasteiger partial charge in [0.15, 0.2) is 6.61 Å². The topological polar surface area (TPSA) is 47.6 Å². The second-order valence-electron chi connectivity index (χ2n) is 4.16. The van der Waals surface area contributed by atoms with Crippen LogP contribution in [0.5, 0.6) is 5.75 Å². The summed E-state index contributed by atoms with van der Waals surface area (Å²) < 4.78 is 7.10. The number of amides is 1. The molecule has 2 aromatic rings. The summed E-state index contributed by atoms with van der Waals surface area (Å²) in [5, 5.41) is 0. The first-order chi connectivity index (χ1) is 10.1. The summed E-state index contributed by atoms with van der Waals surface area (Å²) in [7, 11) is 0. The summed E-state index contributed by atoms with van der Waals surface area (Å²) >= 11 is 6.71. The van der Waals surface area contributed by atoms with Crippen molar-refractivity contribution in [3.05, 3.63) is 63.0 Å². The van der Waals surface area contributed by atoms with Crippen LogP contribution in [0.15, 0.2) is 57.5 Å². The number of hydrogen-bond donors (Lipinski definition) is 1. The van der Waals surface area contributed by atoms with Crippen LogP contribution < -0.4 is 10.2 Å². The van der Waals surface area contributed by atoms with E-state index in [4.69, 9.17) is 9.57 Å². The predicted molar refractivity (Wildman–Crippen MR) is 86.7 cm³/mol. The SMILES string of the molecule is O=C(COc1ccc(Br)cc1Br)NOCc1ccccc1. The summed E-state index contributed by atoms with van der Waals surface area (Å²) in [4.78, 5) is 16.7. The van der Waals surface area contributed by atoms with E-state index in [9.17, 15) is 4.79 Å². The van der Waals surface area contributed by atoms with Crippen molar-refractivity contribution in [2.75, 3.05) is 6.61 Å². The molecule has 0 aliphatic rings. The van der Waals surface area contributed by atoms with E-state index < -0.39 is 0 Å². The Hall–Kier alpha value is -1.37. The highest BCUT2D eigenvalue weighted by Gasteiger charge is 2.06. The lowest BCUT2D eigenvalue weighted by Gasteiger charge is -2.09. The summed E-state index contributed by atoms with van der Waals surface area (Å²) in [5.74, 6) is 0.247. The van der Waals surface area contributed by atoms with Gasteiger partial charge in [-0.15, -0.1) is 0 Å². The van der Waals surface area contributed by atoms with Crippen molar-refractivity contribution < 1.29 is 14.4 Å². The molecule has 0 spiro atoms. The smallest absolute Gasteiger partial charge is 0.281 e. The molecule has 1 N–H and O–H groups in total. The molecule has 1 amide bonds. The number of carbonyl (C=O) groups is 1. The van der Waals surface area contributed by atoms with Crippen molar-refractivity contribution in [2.45, 2.75) is 6.61 Å². The minimum absolute atomic E-state index is 0.116. The predicted octanol–water partition coefficient (Wildman–Crippen LogP) is 3.84. The monoisotopic (exact) mass is 413 g/mol. The molecule has 0 atom stereocenters. The van der Waals surface area contributed by atoms with E-state index in [0.717, 1.165) is 14.5 Å². The number of hydrogen-bond acceptors (Lipinski definition) is 3. The molecule has 0 saturated heterocycles. The van der Waals surface area contributed by atoms with E-state index in [-0.39, 0.29) is 12.5 Å². The van der Waals surface area contributed by atoms with E-state index >= 15 is 0 Å². The van der Waals surface area contributed by atoms with Gasteiger partial charge in [0, 0.05) is 4.47 Å². The minimum atomic E-state index is -0.347. The molecular weight excluding hydrogens is 402 g/mol. The van der Waals surface area contributed by atoms with Crippen LogP contribution in [0.1, 0.15) is 5.56 Å². The Morgan fingerprint density at radius 2 is 1.86 bits per heavy atom. The fraction of sp³-hybridized carbons (Fsp3) is 0.133. The van der Waals surface area contributed by atoms with Gasteiger partial charge in [0.05, 0.1) is 11.1 Å². The Labute approximate surface area is 139 Å². The van der Waals surface area contributed by atoms with Crippen molar-refractivity contribution in [1.29, 1.82) is 0 Å². The second kappa shape index (κ2) is 8.17. The van der Waals surface area contributed by atoms with Gasteiger partial charge in [-0.25, -0.2) is 5.48 Å². The molecule has 0 radical (unpaired) electrons. The van der Waals surface area contributed by atoms with Crippen LogP contribution in [-0.4, -0.2) is 12.5 Å². The number of halogens is 2. The highest BCUT2D eigenvalue weighted by Crippen LogP contribution is 2.27. The molecule has 2 aromatic carbocycles. The van der Waals surface area contributed by atoms with Crippen LogP contribution in [0, 0.1) is 0 Å². The third-order valence-corrected chi connectivity index (χ3v) is 3.63. The largest absolute Gasteiger partial charge is 0.483 e. The third kappa shape index (κ3) is 5.49. The molecule has 0 aliphatic heterocycles. The number of hydroxylamine groups is 1. The molecule has 21 heavy (non-hydrogen) atoms. The fourth-order valence-corrected chi connectivity index (χ4v) is 2.70. The van der Waals surface area contributed by atoms with Crippen LogP contribution in [0.3, 0.4) is 0 Å². The van der Waals surface area contributed by atoms with Gasteiger partial charge in [0.1, 0.15) is 5.75 Å². The van der Waals surface area contributed by atoms with Crippen LogP contribution in [0.2, 0.25) is 0 Å². The van der Waals surface area contributed by atoms with Gasteiger partial charge in [0.2, 0.25) is 0 Å². The van der Waals surface area contributed by atoms with Gasteiger partial charge in [-0.05, 0) is 39.7 Å². The van der Waals surface area contributed by atoms with Crippen LogP contribution in [-0.2, 0) is 16.2 Å². The summed E-state index contributed by atoms with van der Waals surface area (Å²) in [5.41, 5.74) is 3.32. The molecule has 0 heterocycles. The number of nitrogens with one attached hydrogen (secondary N) is 1. The van der Waals surface area contributed by atoms with E-state index in [1.165, 1.54) is 0 Å². The number of benzene rings is 2. The number of rotatable bonds is 6. The minimum Gasteiger partial charge on any atom is -0.483 e. The Balaban J connectivity index is 1.72. The molecule has 0 unspecified atom stereocenters. The molecule has 2 rings (SSSR count). The third-order valence-electron chi connectivity index (χ3n) is 2.52. The Kier molecular flexibility index (Phi) is 6.22. The van der Waals surface area contributed by atoms with Crippen LogP contribution in [0.4, 0.5) is 0 Å². The van der Waals surface area contributed by atoms with Gasteiger partial charge in [-0.2, -0.15) is 0 Å². The molecule has 6 heteroatoms. The molecule has 0 bridgehead atoms. The Morgan fingerprint density at radius 3 is 2.57 bits per heavy atom. The first-order valence-corrected chi connectivity index (χ1v) is 7.76. The highest BCUT2D eigenvalue weighted by atomic mass is 79.9. The summed E-state index contributed by atoms with van der Waals surface area (Å²) in [6, 6.07) is 15.0. The van der Waals surface area contributed by atoms with Crippen LogP contribution in [0.25, 0.3) is 0 Å². The van der Waals surface area contributed by atoms with Crippen molar-refractivity contribution in [3.63, 3.8) is 0 Å². The van der Waals surface area contributed by atoms with Crippen LogP contribution >= 0.6 is 31.9 Å². The van der Waals surface area contributed by atoms with Crippen molar-refractivity contribution in [2.24, 2.45) is 0 Å². The lowest BCUT2D eigenvalue weighted by Crippen LogP contribution is -2.29. The molecule has 0 fully saturated rings. The number of ether oxygens (including phenoxy) is 1. The molecule has 0 aromatic heterocycles. The molecule has 0 aliphatic carbocycles. The van der Waals surface area contributed by atoms with Crippen molar-refractivity contribution in [1.82, 2.24) is 5.48 Å². The average Bonchev–Trinajstić information content (AvgIpc) is 2.47. The molecule has 110 valence electrons. The quantitative estimate of drug-likeness (QED) is 0.730. The van der Waals surface area contributed by atoms with Gasteiger partial charge in [-0.1, -0.05) is 46.3 Å². The Morgan fingerprint density at radius 1 is 1.10 bits per heavy atom. The van der Waals surface area contributed by atoms with Gasteiger partial charge in [0.25, 0.3) is 5.91 Å². The number of carbonyl (C=O) groups excluding carboxylic acids is 1. The van der Waals surface area contributed by atoms with Gasteiger partial charge in [-0.3, -0.25) is 9.63 Å². The zero-order valence-electron chi connectivity index (χ0n) is 11.0. The first-order valence-electron chi connectivity index (χ1n) is 6.17. The zero-order valence-corrected chi connectivity index (χ0v) is 14.2. The second-order valence-corrected chi connectivity index (χ2v) is 5.93. The highest BCUT2D eigenvalue weighted by molar-refractivity contribution is 9.11. The maximum Gasteiger partial charge on any atom is 0.281 e. The van der Waals surface area contributed by atoms with E-state index in [1.54, 1.807) is 6.07 Å². The summed E-state index contributed by atoms with van der Waals surface area (Å²) in [6.07, 6.45) is 0. The van der Waals surface area contributed by atoms with E-state index in [2.05, 4.69) is 37.3 Å². The summed E-state index contributed by atoms with van der Waals surface area (Å²) in [6.45, 7) is 0.198. The van der Waals surface area contributed by atoms with Gasteiger partial charge >= 0.3 is 0 Å². The average molecular weight is 415 g/mol. The molecular formula is C15H13Br2NO3. The lowest BCUT2D eigenvalue weighted by atomic mass is 10.2.